The van der Waals surface area contributed by atoms with Gasteiger partial charge in [0.25, 0.3) is 0 Å². The predicted octanol–water partition coefficient (Wildman–Crippen LogP) is 4.93. The lowest BCUT2D eigenvalue weighted by Crippen LogP contribution is -2.37. The molecule has 2 aromatic heterocycles. The van der Waals surface area contributed by atoms with E-state index < -0.39 is 0 Å². The monoisotopic (exact) mass is 622 g/mol. The van der Waals surface area contributed by atoms with Crippen molar-refractivity contribution in [3.05, 3.63) is 75.5 Å². The van der Waals surface area contributed by atoms with Crippen LogP contribution < -0.4 is 10.6 Å². The van der Waals surface area contributed by atoms with E-state index in [0.717, 1.165) is 86.9 Å². The van der Waals surface area contributed by atoms with Crippen molar-refractivity contribution in [2.45, 2.75) is 39.3 Å². The van der Waals surface area contributed by atoms with E-state index in [9.17, 15) is 10.2 Å². The molecule has 5 rings (SSSR count). The molecule has 4 aromatic rings. The molecule has 1 fully saturated rings. The van der Waals surface area contributed by atoms with Crippen LogP contribution in [0.15, 0.2) is 53.1 Å². The van der Waals surface area contributed by atoms with Gasteiger partial charge in [0.2, 0.25) is 5.95 Å². The lowest BCUT2D eigenvalue weighted by Gasteiger charge is -2.26. The van der Waals surface area contributed by atoms with Gasteiger partial charge in [-0.15, -0.1) is 0 Å². The molecule has 0 bridgehead atoms. The number of aliphatic hydroxyl groups is 1. The van der Waals surface area contributed by atoms with Gasteiger partial charge in [-0.05, 0) is 95.7 Å². The van der Waals surface area contributed by atoms with Crippen molar-refractivity contribution in [1.29, 1.82) is 0 Å². The van der Waals surface area contributed by atoms with Crippen LogP contribution in [0.4, 0.5) is 11.6 Å². The Kier molecular flexibility index (Phi) is 10.1. The third-order valence-electron chi connectivity index (χ3n) is 7.43. The average Bonchev–Trinajstić information content (AvgIpc) is 3.32. The molecule has 3 heterocycles. The first-order valence-corrected chi connectivity index (χ1v) is 15.1. The number of pyridine rings is 1. The number of morpholine rings is 1. The summed E-state index contributed by atoms with van der Waals surface area (Å²) in [5.74, 6) is 0.916. The molecule has 1 aliphatic heterocycles. The number of anilines is 2. The molecule has 10 heteroatoms. The van der Waals surface area contributed by atoms with Crippen molar-refractivity contribution >= 4 is 38.6 Å². The zero-order chi connectivity index (χ0) is 28.6. The zero-order valence-electron chi connectivity index (χ0n) is 23.6. The minimum atomic E-state index is 0.154. The molecule has 1 aliphatic rings. The number of imidazole rings is 1. The zero-order valence-corrected chi connectivity index (χ0v) is 25.2. The third-order valence-corrected chi connectivity index (χ3v) is 7.87. The second-order valence-electron chi connectivity index (χ2n) is 10.5. The standard InChI is InChI=1S/C31H39BrN6O3/c1-22-5-7-24(4-2-15-39)26(18-22)34-20-23-6-8-25-28(19-23)38(21-27-29(40)9-10-30(32)35-27)31(36-25)33-11-3-12-37-13-16-41-17-14-37/h5-10,18-19,34,39-40H,2-4,11-17,20-21H2,1H3,(H,33,36). The molecule has 0 saturated carbocycles. The molecule has 0 aliphatic carbocycles. The summed E-state index contributed by atoms with van der Waals surface area (Å²) < 4.78 is 8.24. The summed E-state index contributed by atoms with van der Waals surface area (Å²) in [4.78, 5) is 11.9. The Balaban J connectivity index is 1.37. The van der Waals surface area contributed by atoms with Crippen molar-refractivity contribution in [3.63, 3.8) is 0 Å². The highest BCUT2D eigenvalue weighted by atomic mass is 79.9. The van der Waals surface area contributed by atoms with Gasteiger partial charge in [0.05, 0.1) is 30.8 Å². The van der Waals surface area contributed by atoms with Crippen LogP contribution in [0.1, 0.15) is 35.2 Å². The van der Waals surface area contributed by atoms with Gasteiger partial charge in [0, 0.05) is 38.5 Å². The third kappa shape index (κ3) is 7.77. The van der Waals surface area contributed by atoms with Crippen molar-refractivity contribution in [2.24, 2.45) is 0 Å². The van der Waals surface area contributed by atoms with Crippen LogP contribution in [0.3, 0.4) is 0 Å². The molecule has 2 aromatic carbocycles. The van der Waals surface area contributed by atoms with Gasteiger partial charge in [0.15, 0.2) is 0 Å². The minimum Gasteiger partial charge on any atom is -0.506 e. The number of benzene rings is 2. The topological polar surface area (TPSA) is 108 Å². The lowest BCUT2D eigenvalue weighted by molar-refractivity contribution is 0.0378. The van der Waals surface area contributed by atoms with Gasteiger partial charge in [-0.1, -0.05) is 18.2 Å². The summed E-state index contributed by atoms with van der Waals surface area (Å²) in [5, 5.41) is 27.0. The van der Waals surface area contributed by atoms with Crippen LogP contribution in [0, 0.1) is 6.92 Å². The lowest BCUT2D eigenvalue weighted by atomic mass is 10.0. The number of ether oxygens (including phenoxy) is 1. The van der Waals surface area contributed by atoms with Crippen molar-refractivity contribution < 1.29 is 14.9 Å². The minimum absolute atomic E-state index is 0.154. The predicted molar refractivity (Wildman–Crippen MR) is 167 cm³/mol. The summed E-state index contributed by atoms with van der Waals surface area (Å²) >= 11 is 3.44. The number of hydrogen-bond acceptors (Lipinski definition) is 8. The number of halogens is 1. The van der Waals surface area contributed by atoms with Gasteiger partial charge in [-0.3, -0.25) is 4.90 Å². The van der Waals surface area contributed by atoms with Crippen LogP contribution in [0.25, 0.3) is 11.0 Å². The smallest absolute Gasteiger partial charge is 0.204 e. The molecule has 1 saturated heterocycles. The molecule has 41 heavy (non-hydrogen) atoms. The number of aryl methyl sites for hydroxylation is 2. The number of nitrogens with one attached hydrogen (secondary N) is 2. The Morgan fingerprint density at radius 3 is 2.68 bits per heavy atom. The fourth-order valence-electron chi connectivity index (χ4n) is 5.17. The largest absolute Gasteiger partial charge is 0.506 e. The van der Waals surface area contributed by atoms with E-state index >= 15 is 0 Å². The summed E-state index contributed by atoms with van der Waals surface area (Å²) in [6.07, 6.45) is 2.56. The molecule has 0 unspecified atom stereocenters. The van der Waals surface area contributed by atoms with Gasteiger partial charge in [-0.25, -0.2) is 9.97 Å². The molecular weight excluding hydrogens is 584 g/mol. The molecule has 0 spiro atoms. The molecule has 0 radical (unpaired) electrons. The summed E-state index contributed by atoms with van der Waals surface area (Å²) in [7, 11) is 0. The number of aliphatic hydroxyl groups excluding tert-OH is 1. The highest BCUT2D eigenvalue weighted by Gasteiger charge is 2.16. The quantitative estimate of drug-likeness (QED) is 0.123. The number of rotatable bonds is 13. The summed E-state index contributed by atoms with van der Waals surface area (Å²) in [6, 6.07) is 16.1. The first kappa shape index (κ1) is 29.3. The number of nitrogens with zero attached hydrogens (tertiary/aromatic N) is 4. The number of aromatic hydroxyl groups is 1. The Hall–Kier alpha value is -3.18. The van der Waals surface area contributed by atoms with Crippen LogP contribution in [-0.2, 0) is 24.2 Å². The highest BCUT2D eigenvalue weighted by Crippen LogP contribution is 2.27. The van der Waals surface area contributed by atoms with Gasteiger partial charge in [0.1, 0.15) is 16.0 Å². The maximum atomic E-state index is 10.6. The molecule has 4 N–H and O–H groups in total. The average molecular weight is 624 g/mol. The molecule has 0 amide bonds. The number of fused-ring (bicyclic) bond motifs is 1. The highest BCUT2D eigenvalue weighted by molar-refractivity contribution is 9.10. The maximum absolute atomic E-state index is 10.6. The van der Waals surface area contributed by atoms with Crippen LogP contribution >= 0.6 is 15.9 Å². The van der Waals surface area contributed by atoms with E-state index in [1.165, 1.54) is 11.1 Å². The second kappa shape index (κ2) is 14.1. The first-order valence-electron chi connectivity index (χ1n) is 14.3. The maximum Gasteiger partial charge on any atom is 0.204 e. The van der Waals surface area contributed by atoms with Crippen LogP contribution in [0.5, 0.6) is 5.75 Å². The summed E-state index contributed by atoms with van der Waals surface area (Å²) in [6.45, 7) is 8.67. The summed E-state index contributed by atoms with van der Waals surface area (Å²) in [5.41, 5.74) is 7.06. The second-order valence-corrected chi connectivity index (χ2v) is 11.3. The van der Waals surface area contributed by atoms with Gasteiger partial charge >= 0.3 is 0 Å². The van der Waals surface area contributed by atoms with Gasteiger partial charge in [-0.2, -0.15) is 0 Å². The van der Waals surface area contributed by atoms with E-state index in [-0.39, 0.29) is 12.4 Å². The van der Waals surface area contributed by atoms with Crippen molar-refractivity contribution in [3.8, 4) is 5.75 Å². The Morgan fingerprint density at radius 1 is 1.00 bits per heavy atom. The first-order chi connectivity index (χ1) is 20.0. The van der Waals surface area contributed by atoms with Crippen molar-refractivity contribution in [2.75, 3.05) is 56.6 Å². The van der Waals surface area contributed by atoms with Crippen LogP contribution in [0.2, 0.25) is 0 Å². The van der Waals surface area contributed by atoms with Crippen molar-refractivity contribution in [1.82, 2.24) is 19.4 Å². The Bertz CT molecular complexity index is 1450. The fourth-order valence-corrected chi connectivity index (χ4v) is 5.52. The molecule has 218 valence electrons. The Morgan fingerprint density at radius 2 is 1.85 bits per heavy atom. The number of hydrogen-bond donors (Lipinski definition) is 4. The molecule has 0 atom stereocenters. The number of aromatic nitrogens is 3. The SMILES string of the molecule is Cc1ccc(CCCO)c(NCc2ccc3nc(NCCCN4CCOCC4)n(Cc4nc(Br)ccc4O)c3c2)c1. The van der Waals surface area contributed by atoms with E-state index in [4.69, 9.17) is 9.72 Å². The van der Waals surface area contributed by atoms with E-state index in [2.05, 4.69) is 84.3 Å². The molecular formula is C31H39BrN6O3. The van der Waals surface area contributed by atoms with Gasteiger partial charge < -0.3 is 30.2 Å². The van der Waals surface area contributed by atoms with Crippen LogP contribution in [-0.4, -0.2) is 75.6 Å². The van der Waals surface area contributed by atoms with E-state index in [1.807, 2.05) is 0 Å². The fraction of sp³-hybridized carbons (Fsp3) is 0.419. The molecule has 9 nitrogen and oxygen atoms in total. The normalized spacial score (nSPS) is 14.0. The van der Waals surface area contributed by atoms with E-state index in [1.54, 1.807) is 12.1 Å². The Labute approximate surface area is 249 Å². The van der Waals surface area contributed by atoms with E-state index in [0.29, 0.717) is 23.4 Å².